The molecule has 2 amide bonds. The average molecular weight is 271 g/mol. The Kier molecular flexibility index (Phi) is 6.80. The van der Waals surface area contributed by atoms with Crippen molar-refractivity contribution in [2.75, 3.05) is 39.3 Å². The van der Waals surface area contributed by atoms with Crippen molar-refractivity contribution in [3.8, 4) is 0 Å². The summed E-state index contributed by atoms with van der Waals surface area (Å²) in [6.07, 6.45) is 1.51. The number of ether oxygens (including phenoxy) is 1. The van der Waals surface area contributed by atoms with Gasteiger partial charge in [-0.1, -0.05) is 6.92 Å². The van der Waals surface area contributed by atoms with Crippen LogP contribution in [0.25, 0.3) is 0 Å². The smallest absolute Gasteiger partial charge is 0.242 e. The Morgan fingerprint density at radius 3 is 2.21 bits per heavy atom. The summed E-state index contributed by atoms with van der Waals surface area (Å²) in [5.41, 5.74) is 5.59. The SMILES string of the molecule is CCCN1CC(=O)N(CCC(CN)OCC)CC1=O. The molecule has 2 N–H and O–H groups in total. The van der Waals surface area contributed by atoms with Gasteiger partial charge >= 0.3 is 0 Å². The van der Waals surface area contributed by atoms with E-state index in [0.717, 1.165) is 6.42 Å². The maximum Gasteiger partial charge on any atom is 0.242 e. The highest BCUT2D eigenvalue weighted by Crippen LogP contribution is 2.08. The zero-order valence-electron chi connectivity index (χ0n) is 11.9. The first-order valence-corrected chi connectivity index (χ1v) is 6.99. The van der Waals surface area contributed by atoms with E-state index in [1.807, 2.05) is 13.8 Å². The highest BCUT2D eigenvalue weighted by atomic mass is 16.5. The summed E-state index contributed by atoms with van der Waals surface area (Å²) in [5.74, 6) is 0.0440. The molecular formula is C13H25N3O3. The van der Waals surface area contributed by atoms with E-state index in [2.05, 4.69) is 0 Å². The highest BCUT2D eigenvalue weighted by molar-refractivity contribution is 5.92. The molecule has 1 heterocycles. The molecule has 110 valence electrons. The predicted molar refractivity (Wildman–Crippen MR) is 72.5 cm³/mol. The van der Waals surface area contributed by atoms with E-state index in [1.165, 1.54) is 0 Å². The van der Waals surface area contributed by atoms with E-state index in [-0.39, 0.29) is 31.0 Å². The Hall–Kier alpha value is -1.14. The van der Waals surface area contributed by atoms with Crippen LogP contribution in [0.15, 0.2) is 0 Å². The van der Waals surface area contributed by atoms with Gasteiger partial charge in [0.2, 0.25) is 11.8 Å². The normalized spacial score (nSPS) is 18.1. The van der Waals surface area contributed by atoms with Gasteiger partial charge < -0.3 is 20.3 Å². The van der Waals surface area contributed by atoms with Crippen LogP contribution in [0.3, 0.4) is 0 Å². The summed E-state index contributed by atoms with van der Waals surface area (Å²) in [6.45, 7) is 6.54. The molecule has 19 heavy (non-hydrogen) atoms. The van der Waals surface area contributed by atoms with Gasteiger partial charge in [-0.15, -0.1) is 0 Å². The lowest BCUT2D eigenvalue weighted by Gasteiger charge is -2.34. The topological polar surface area (TPSA) is 75.9 Å². The van der Waals surface area contributed by atoms with E-state index in [4.69, 9.17) is 10.5 Å². The van der Waals surface area contributed by atoms with Crippen LogP contribution in [0, 0.1) is 0 Å². The first kappa shape index (κ1) is 15.9. The van der Waals surface area contributed by atoms with E-state index in [1.54, 1.807) is 9.80 Å². The number of amides is 2. The maximum atomic E-state index is 11.9. The number of rotatable bonds is 8. The largest absolute Gasteiger partial charge is 0.377 e. The Bertz CT molecular complexity index is 310. The quantitative estimate of drug-likeness (QED) is 0.664. The lowest BCUT2D eigenvalue weighted by atomic mass is 10.2. The first-order valence-electron chi connectivity index (χ1n) is 6.99. The average Bonchev–Trinajstić information content (AvgIpc) is 2.39. The molecule has 0 aromatic carbocycles. The Morgan fingerprint density at radius 2 is 1.74 bits per heavy atom. The standard InChI is InChI=1S/C13H25N3O3/c1-3-6-15-9-13(18)16(10-12(15)17)7-5-11(8-14)19-4-2/h11H,3-10,14H2,1-2H3. The van der Waals surface area contributed by atoms with Crippen molar-refractivity contribution >= 4 is 11.8 Å². The summed E-state index contributed by atoms with van der Waals surface area (Å²) in [6, 6.07) is 0. The van der Waals surface area contributed by atoms with Crippen molar-refractivity contribution in [1.82, 2.24) is 9.80 Å². The van der Waals surface area contributed by atoms with Gasteiger partial charge in [0, 0.05) is 26.2 Å². The van der Waals surface area contributed by atoms with Crippen LogP contribution in [0.4, 0.5) is 0 Å². The summed E-state index contributed by atoms with van der Waals surface area (Å²) >= 11 is 0. The number of nitrogens with two attached hydrogens (primary N) is 1. The Morgan fingerprint density at radius 1 is 1.16 bits per heavy atom. The summed E-state index contributed by atoms with van der Waals surface area (Å²) in [4.78, 5) is 27.0. The lowest BCUT2D eigenvalue weighted by Crippen LogP contribution is -2.54. The van der Waals surface area contributed by atoms with Crippen molar-refractivity contribution < 1.29 is 14.3 Å². The van der Waals surface area contributed by atoms with Gasteiger partial charge in [0.05, 0.1) is 19.2 Å². The van der Waals surface area contributed by atoms with Crippen LogP contribution in [0.2, 0.25) is 0 Å². The molecule has 1 saturated heterocycles. The number of nitrogens with zero attached hydrogens (tertiary/aromatic N) is 2. The molecule has 1 fully saturated rings. The fourth-order valence-corrected chi connectivity index (χ4v) is 2.19. The van der Waals surface area contributed by atoms with Gasteiger partial charge in [0.15, 0.2) is 0 Å². The van der Waals surface area contributed by atoms with Crippen molar-refractivity contribution in [1.29, 1.82) is 0 Å². The van der Waals surface area contributed by atoms with Crippen LogP contribution < -0.4 is 5.73 Å². The predicted octanol–water partition coefficient (Wildman–Crippen LogP) is -0.179. The van der Waals surface area contributed by atoms with Crippen LogP contribution in [-0.2, 0) is 14.3 Å². The van der Waals surface area contributed by atoms with Gasteiger partial charge in [-0.2, -0.15) is 0 Å². The molecular weight excluding hydrogens is 246 g/mol. The van der Waals surface area contributed by atoms with Crippen LogP contribution in [-0.4, -0.2) is 67.0 Å². The zero-order valence-corrected chi connectivity index (χ0v) is 11.9. The van der Waals surface area contributed by atoms with Crippen LogP contribution in [0.5, 0.6) is 0 Å². The lowest BCUT2D eigenvalue weighted by molar-refractivity contribution is -0.150. The number of piperazine rings is 1. The molecule has 1 unspecified atom stereocenters. The first-order chi connectivity index (χ1) is 9.12. The zero-order chi connectivity index (χ0) is 14.3. The second kappa shape index (κ2) is 8.12. The van der Waals surface area contributed by atoms with Crippen molar-refractivity contribution in [2.24, 2.45) is 5.73 Å². The molecule has 0 bridgehead atoms. The van der Waals surface area contributed by atoms with Crippen molar-refractivity contribution in [3.63, 3.8) is 0 Å². The van der Waals surface area contributed by atoms with Crippen molar-refractivity contribution in [3.05, 3.63) is 0 Å². The van der Waals surface area contributed by atoms with E-state index >= 15 is 0 Å². The molecule has 0 aromatic heterocycles. The second-order valence-corrected chi connectivity index (χ2v) is 4.73. The highest BCUT2D eigenvalue weighted by Gasteiger charge is 2.29. The molecule has 6 heteroatoms. The molecule has 0 aromatic rings. The Labute approximate surface area is 114 Å². The molecule has 0 aliphatic carbocycles. The van der Waals surface area contributed by atoms with Crippen LogP contribution in [0.1, 0.15) is 26.7 Å². The molecule has 6 nitrogen and oxygen atoms in total. The third-order valence-corrected chi connectivity index (χ3v) is 3.24. The minimum atomic E-state index is -0.0402. The molecule has 0 spiro atoms. The van der Waals surface area contributed by atoms with Gasteiger partial charge in [-0.3, -0.25) is 9.59 Å². The second-order valence-electron chi connectivity index (χ2n) is 4.73. The fraction of sp³-hybridized carbons (Fsp3) is 0.846. The van der Waals surface area contributed by atoms with Gasteiger partial charge in [0.1, 0.15) is 0 Å². The summed E-state index contributed by atoms with van der Waals surface area (Å²) in [5, 5.41) is 0. The number of carbonyl (C=O) groups is 2. The third-order valence-electron chi connectivity index (χ3n) is 3.24. The van der Waals surface area contributed by atoms with Crippen LogP contribution >= 0.6 is 0 Å². The molecule has 1 atom stereocenters. The van der Waals surface area contributed by atoms with E-state index in [9.17, 15) is 9.59 Å². The molecule has 1 aliphatic rings. The maximum absolute atomic E-state index is 11.9. The minimum Gasteiger partial charge on any atom is -0.377 e. The summed E-state index contributed by atoms with van der Waals surface area (Å²) in [7, 11) is 0. The minimum absolute atomic E-state index is 0.0142. The molecule has 0 radical (unpaired) electrons. The van der Waals surface area contributed by atoms with Gasteiger partial charge in [0.25, 0.3) is 0 Å². The van der Waals surface area contributed by atoms with Crippen molar-refractivity contribution in [2.45, 2.75) is 32.8 Å². The van der Waals surface area contributed by atoms with E-state index in [0.29, 0.717) is 32.7 Å². The van der Waals surface area contributed by atoms with Gasteiger partial charge in [-0.05, 0) is 19.8 Å². The Balaban J connectivity index is 2.43. The number of hydrogen-bond donors (Lipinski definition) is 1. The molecule has 1 aliphatic heterocycles. The summed E-state index contributed by atoms with van der Waals surface area (Å²) < 4.78 is 5.45. The molecule has 0 saturated carbocycles. The number of hydrogen-bond acceptors (Lipinski definition) is 4. The monoisotopic (exact) mass is 271 g/mol. The molecule has 1 rings (SSSR count). The van der Waals surface area contributed by atoms with E-state index < -0.39 is 0 Å². The van der Waals surface area contributed by atoms with Gasteiger partial charge in [-0.25, -0.2) is 0 Å². The fourth-order valence-electron chi connectivity index (χ4n) is 2.19. The number of carbonyl (C=O) groups excluding carboxylic acids is 2. The third kappa shape index (κ3) is 4.80.